The number of hydrogen-bond donors (Lipinski definition) is 0. The number of furan rings is 1. The highest BCUT2D eigenvalue weighted by Crippen LogP contribution is 2.53. The van der Waals surface area contributed by atoms with Crippen molar-refractivity contribution in [2.45, 2.75) is 0 Å². The van der Waals surface area contributed by atoms with Crippen LogP contribution in [0.5, 0.6) is 0 Å². The summed E-state index contributed by atoms with van der Waals surface area (Å²) in [6, 6.07) is 140. The SMILES string of the molecule is c1ccc(-c2ccc3c(c2)c2cc(-c4ccccc4)ccc2n3-c2nc(-n3c4ccccc4c4ccccc43)c(-n3c4ccc(-c5ccccc5)cc4c4cc(-c5ccccc5)ccc43)c(-c3cccc4c3oc3ccccc34)c2-n2c3ccc(-c4ccccc4)cc3c3cc(-c4ccccc4)ccc32)cc1. The number of hydrogen-bond acceptors (Lipinski definition) is 2. The predicted molar refractivity (Wildman–Crippen MR) is 447 cm³/mol. The van der Waals surface area contributed by atoms with Crippen LogP contribution < -0.4 is 0 Å². The molecule has 107 heavy (non-hydrogen) atoms. The van der Waals surface area contributed by atoms with E-state index in [2.05, 4.69) is 400 Å². The number of fused-ring (bicyclic) bond motifs is 15. The summed E-state index contributed by atoms with van der Waals surface area (Å²) in [5, 5.41) is 10.9. The van der Waals surface area contributed by atoms with Crippen molar-refractivity contribution in [3.8, 4) is 101 Å². The Morgan fingerprint density at radius 1 is 0.187 bits per heavy atom. The molecule has 16 aromatic carbocycles. The van der Waals surface area contributed by atoms with Gasteiger partial charge >= 0.3 is 0 Å². The van der Waals surface area contributed by atoms with Crippen LogP contribution in [0.3, 0.4) is 0 Å². The van der Waals surface area contributed by atoms with Crippen LogP contribution in [-0.2, 0) is 0 Å². The van der Waals surface area contributed by atoms with E-state index in [9.17, 15) is 0 Å². The molecule has 0 unspecified atom stereocenters. The first-order chi connectivity index (χ1) is 53.1. The van der Waals surface area contributed by atoms with Crippen molar-refractivity contribution in [3.05, 3.63) is 382 Å². The van der Waals surface area contributed by atoms with Crippen LogP contribution in [0.2, 0.25) is 0 Å². The third-order valence-electron chi connectivity index (χ3n) is 22.2. The molecule has 6 heterocycles. The molecule has 22 rings (SSSR count). The predicted octanol–water partition coefficient (Wildman–Crippen LogP) is 27.0. The van der Waals surface area contributed by atoms with Gasteiger partial charge in [0.25, 0.3) is 0 Å². The maximum absolute atomic E-state index is 7.59. The maximum Gasteiger partial charge on any atom is 0.165 e. The van der Waals surface area contributed by atoms with Crippen molar-refractivity contribution in [1.29, 1.82) is 0 Å². The zero-order valence-corrected chi connectivity index (χ0v) is 58.0. The molecule has 0 N–H and O–H groups in total. The van der Waals surface area contributed by atoms with E-state index < -0.39 is 0 Å². The summed E-state index contributed by atoms with van der Waals surface area (Å²) in [5.41, 5.74) is 26.8. The van der Waals surface area contributed by atoms with Crippen LogP contribution in [0.4, 0.5) is 0 Å². The van der Waals surface area contributed by atoms with Crippen molar-refractivity contribution in [3.63, 3.8) is 0 Å². The van der Waals surface area contributed by atoms with Crippen LogP contribution in [0, 0.1) is 0 Å². The summed E-state index contributed by atoms with van der Waals surface area (Å²) in [4.78, 5) is 6.78. The highest BCUT2D eigenvalue weighted by molar-refractivity contribution is 6.20. The van der Waals surface area contributed by atoms with E-state index in [0.717, 1.165) is 210 Å². The summed E-state index contributed by atoms with van der Waals surface area (Å²) in [6.07, 6.45) is 0. The van der Waals surface area contributed by atoms with Gasteiger partial charge < -0.3 is 13.6 Å². The standard InChI is InChI=1S/C101H63N5O/c1-7-26-64(27-8-1)70-46-52-89-81(58-70)82-59-71(65-28-9-2-10-29-65)47-53-90(82)103(89)97-96(80-42-25-41-79-78-40-21-24-45-95(78)107-99(79)80)98(104-91-54-48-72(66-30-11-3-12-31-66)60-83(91)84-61-73(49-55-92(84)104)67-32-13-4-14-33-67)101(102-100(97)105-87-43-22-19-38-76(87)77-39-20-23-44-88(77)105)106-93-56-50-74(68-34-15-5-16-35-68)62-85(93)86-63-75(51-57-94(86)106)69-36-17-6-18-37-69/h1-63H. The van der Waals surface area contributed by atoms with Crippen LogP contribution in [-0.4, -0.2) is 23.3 Å². The van der Waals surface area contributed by atoms with E-state index in [1.807, 2.05) is 0 Å². The molecule has 0 aliphatic rings. The molecule has 0 radical (unpaired) electrons. The summed E-state index contributed by atoms with van der Waals surface area (Å²) in [7, 11) is 0. The zero-order chi connectivity index (χ0) is 70.2. The lowest BCUT2D eigenvalue weighted by atomic mass is 9.97. The first-order valence-corrected chi connectivity index (χ1v) is 36.7. The average molecular weight is 1360 g/mol. The molecule has 6 nitrogen and oxygen atoms in total. The number of pyridine rings is 1. The van der Waals surface area contributed by atoms with Crippen LogP contribution in [0.15, 0.2) is 387 Å². The molecule has 0 saturated carbocycles. The minimum atomic E-state index is 0.727. The quantitative estimate of drug-likeness (QED) is 0.130. The van der Waals surface area contributed by atoms with Gasteiger partial charge in [0, 0.05) is 65.0 Å². The second-order valence-corrected chi connectivity index (χ2v) is 28.1. The average Bonchev–Trinajstić information content (AvgIpc) is 1.55. The Hall–Kier alpha value is -14.3. The summed E-state index contributed by atoms with van der Waals surface area (Å²) >= 11 is 0. The van der Waals surface area contributed by atoms with Gasteiger partial charge in [-0.25, -0.2) is 4.98 Å². The van der Waals surface area contributed by atoms with E-state index in [-0.39, 0.29) is 0 Å². The number of aromatic nitrogens is 5. The smallest absolute Gasteiger partial charge is 0.165 e. The Kier molecular flexibility index (Phi) is 13.6. The Morgan fingerprint density at radius 2 is 0.449 bits per heavy atom. The number of rotatable bonds is 11. The van der Waals surface area contributed by atoms with Gasteiger partial charge in [-0.1, -0.05) is 291 Å². The van der Waals surface area contributed by atoms with Gasteiger partial charge in [0.05, 0.1) is 44.1 Å². The van der Waals surface area contributed by atoms with Gasteiger partial charge in [-0.05, 0) is 158 Å². The van der Waals surface area contributed by atoms with Gasteiger partial charge in [0.2, 0.25) is 0 Å². The fourth-order valence-corrected chi connectivity index (χ4v) is 17.3. The molecule has 0 fully saturated rings. The Morgan fingerprint density at radius 3 is 0.776 bits per heavy atom. The largest absolute Gasteiger partial charge is 0.455 e. The fraction of sp³-hybridized carbons (Fsp3) is 0. The summed E-state index contributed by atoms with van der Waals surface area (Å²) in [5.74, 6) is 1.46. The molecule has 0 aliphatic heterocycles. The van der Waals surface area contributed by atoms with Crippen LogP contribution in [0.25, 0.3) is 210 Å². The monoisotopic (exact) mass is 1360 g/mol. The van der Waals surface area contributed by atoms with Gasteiger partial charge in [-0.15, -0.1) is 0 Å². The van der Waals surface area contributed by atoms with Crippen molar-refractivity contribution in [2.24, 2.45) is 0 Å². The maximum atomic E-state index is 7.59. The number of nitrogens with zero attached hydrogens (tertiary/aromatic N) is 5. The highest BCUT2D eigenvalue weighted by Gasteiger charge is 2.35. The molecular weight excluding hydrogens is 1300 g/mol. The Bertz CT molecular complexity index is 6990. The van der Waals surface area contributed by atoms with E-state index in [1.165, 1.54) is 0 Å². The normalized spacial score (nSPS) is 11.9. The van der Waals surface area contributed by atoms with E-state index in [4.69, 9.17) is 9.40 Å². The van der Waals surface area contributed by atoms with E-state index in [1.54, 1.807) is 0 Å². The number of para-hydroxylation sites is 4. The van der Waals surface area contributed by atoms with Crippen molar-refractivity contribution in [2.75, 3.05) is 0 Å². The van der Waals surface area contributed by atoms with Gasteiger partial charge in [-0.3, -0.25) is 9.13 Å². The van der Waals surface area contributed by atoms with Crippen molar-refractivity contribution in [1.82, 2.24) is 23.3 Å². The Labute approximate surface area is 616 Å². The summed E-state index contributed by atoms with van der Waals surface area (Å²) in [6.45, 7) is 0. The molecule has 498 valence electrons. The third kappa shape index (κ3) is 9.49. The lowest BCUT2D eigenvalue weighted by Crippen LogP contribution is -2.16. The fourth-order valence-electron chi connectivity index (χ4n) is 17.3. The van der Waals surface area contributed by atoms with Gasteiger partial charge in [0.1, 0.15) is 22.5 Å². The lowest BCUT2D eigenvalue weighted by molar-refractivity contribution is 0.670. The molecule has 0 spiro atoms. The van der Waals surface area contributed by atoms with Crippen LogP contribution >= 0.6 is 0 Å². The van der Waals surface area contributed by atoms with Gasteiger partial charge in [-0.2, -0.15) is 0 Å². The molecule has 0 saturated heterocycles. The minimum absolute atomic E-state index is 0.727. The minimum Gasteiger partial charge on any atom is -0.455 e. The van der Waals surface area contributed by atoms with Crippen LogP contribution in [0.1, 0.15) is 0 Å². The molecule has 6 heteroatoms. The Balaban J connectivity index is 1.01. The molecule has 6 aromatic heterocycles. The third-order valence-corrected chi connectivity index (χ3v) is 22.2. The zero-order valence-electron chi connectivity index (χ0n) is 58.0. The van der Waals surface area contributed by atoms with Crippen molar-refractivity contribution < 1.29 is 4.42 Å². The first-order valence-electron chi connectivity index (χ1n) is 36.7. The van der Waals surface area contributed by atoms with E-state index in [0.29, 0.717) is 0 Å². The lowest BCUT2D eigenvalue weighted by Gasteiger charge is -2.27. The second kappa shape index (κ2) is 24.1. The second-order valence-electron chi connectivity index (χ2n) is 28.1. The number of benzene rings is 16. The highest BCUT2D eigenvalue weighted by atomic mass is 16.3. The summed E-state index contributed by atoms with van der Waals surface area (Å²) < 4.78 is 17.7. The molecule has 0 aliphatic carbocycles. The molecule has 22 aromatic rings. The first kappa shape index (κ1) is 60.3. The van der Waals surface area contributed by atoms with Crippen molar-refractivity contribution >= 4 is 109 Å². The molecule has 0 bridgehead atoms. The van der Waals surface area contributed by atoms with Gasteiger partial charge in [0.15, 0.2) is 11.6 Å². The molecule has 0 amide bonds. The molecular formula is C101H63N5O. The molecule has 0 atom stereocenters. The van der Waals surface area contributed by atoms with E-state index >= 15 is 0 Å². The topological polar surface area (TPSA) is 45.8 Å².